The summed E-state index contributed by atoms with van der Waals surface area (Å²) in [6.07, 6.45) is 1.97. The molecule has 0 spiro atoms. The van der Waals surface area contributed by atoms with Crippen LogP contribution in [0.25, 0.3) is 0 Å². The minimum absolute atomic E-state index is 0.591. The summed E-state index contributed by atoms with van der Waals surface area (Å²) < 4.78 is 0. The van der Waals surface area contributed by atoms with Crippen molar-refractivity contribution in [2.75, 3.05) is 5.75 Å². The highest BCUT2D eigenvalue weighted by molar-refractivity contribution is 7.98. The number of aliphatic hydroxyl groups is 1. The van der Waals surface area contributed by atoms with Crippen LogP contribution in [0, 0.1) is 6.58 Å². The van der Waals surface area contributed by atoms with Gasteiger partial charge in [0.25, 0.3) is 0 Å². The summed E-state index contributed by atoms with van der Waals surface area (Å²) in [6.45, 7) is 9.59. The van der Waals surface area contributed by atoms with E-state index in [0.717, 1.165) is 17.1 Å². The molecule has 0 fully saturated rings. The van der Waals surface area contributed by atoms with Gasteiger partial charge in [0.05, 0.1) is 0 Å². The smallest absolute Gasteiger partial charge is 0.108 e. The van der Waals surface area contributed by atoms with Crippen molar-refractivity contribution in [1.29, 1.82) is 0 Å². The van der Waals surface area contributed by atoms with E-state index in [4.69, 9.17) is 6.58 Å². The summed E-state index contributed by atoms with van der Waals surface area (Å²) in [5.74, 6) is 2.08. The highest BCUT2D eigenvalue weighted by Gasteiger charge is 2.22. The Balaban J connectivity index is 2.92. The van der Waals surface area contributed by atoms with Gasteiger partial charge in [0, 0.05) is 5.75 Å². The van der Waals surface area contributed by atoms with Gasteiger partial charge in [-0.25, -0.2) is 0 Å². The van der Waals surface area contributed by atoms with Crippen LogP contribution < -0.4 is 0 Å². The van der Waals surface area contributed by atoms with Crippen LogP contribution in [0.3, 0.4) is 0 Å². The number of thioether (sulfide) groups is 1. The lowest BCUT2D eigenvalue weighted by Gasteiger charge is -2.23. The molecule has 1 rings (SSSR count). The largest absolute Gasteiger partial charge is 0.381 e. The van der Waals surface area contributed by atoms with Crippen LogP contribution >= 0.6 is 11.8 Å². The van der Waals surface area contributed by atoms with Crippen molar-refractivity contribution < 1.29 is 5.11 Å². The Bertz CT molecular complexity index is 348. The molecule has 0 bridgehead atoms. The fraction of sp³-hybridized carbons (Fsp3) is 0.429. The summed E-state index contributed by atoms with van der Waals surface area (Å²) in [6, 6.07) is 8.02. The molecule has 1 atom stereocenters. The number of benzene rings is 1. The van der Waals surface area contributed by atoms with Crippen molar-refractivity contribution in [3.8, 4) is 0 Å². The lowest BCUT2D eigenvalue weighted by atomic mass is 9.90. The molecular weight excluding hydrogens is 216 g/mol. The molecule has 1 nitrogen and oxygen atoms in total. The Morgan fingerprint density at radius 3 is 2.75 bits per heavy atom. The van der Waals surface area contributed by atoms with Gasteiger partial charge in [-0.05, 0) is 29.4 Å². The van der Waals surface area contributed by atoms with Crippen molar-refractivity contribution >= 4 is 11.8 Å². The predicted molar refractivity (Wildman–Crippen MR) is 71.3 cm³/mol. The first-order valence-corrected chi connectivity index (χ1v) is 6.77. The maximum absolute atomic E-state index is 10.3. The van der Waals surface area contributed by atoms with Crippen molar-refractivity contribution in [2.24, 2.45) is 0 Å². The quantitative estimate of drug-likeness (QED) is 0.814. The molecular formula is C14H19OS. The highest BCUT2D eigenvalue weighted by atomic mass is 32.2. The Kier molecular flexibility index (Phi) is 5.10. The molecule has 0 aliphatic carbocycles. The average molecular weight is 235 g/mol. The van der Waals surface area contributed by atoms with Crippen LogP contribution in [0.1, 0.15) is 31.4 Å². The maximum atomic E-state index is 10.3. The Labute approximate surface area is 103 Å². The van der Waals surface area contributed by atoms with Crippen molar-refractivity contribution in [2.45, 2.75) is 31.6 Å². The van der Waals surface area contributed by atoms with E-state index in [1.54, 1.807) is 0 Å². The maximum Gasteiger partial charge on any atom is 0.108 e. The normalized spacial score (nSPS) is 14.4. The van der Waals surface area contributed by atoms with Gasteiger partial charge in [-0.3, -0.25) is 0 Å². The molecule has 0 aliphatic heterocycles. The summed E-state index contributed by atoms with van der Waals surface area (Å²) >= 11 is 1.87. The molecule has 0 saturated carbocycles. The van der Waals surface area contributed by atoms with Crippen molar-refractivity contribution in [3.63, 3.8) is 0 Å². The molecule has 1 aromatic carbocycles. The van der Waals surface area contributed by atoms with E-state index in [1.807, 2.05) is 36.9 Å². The third kappa shape index (κ3) is 3.13. The van der Waals surface area contributed by atoms with Gasteiger partial charge in [-0.15, -0.1) is 0 Å². The summed E-state index contributed by atoms with van der Waals surface area (Å²) in [5.41, 5.74) is 1.12. The molecule has 1 unspecified atom stereocenters. The molecule has 1 aromatic rings. The van der Waals surface area contributed by atoms with E-state index < -0.39 is 5.60 Å². The third-order valence-electron chi connectivity index (χ3n) is 2.71. The predicted octanol–water partition coefficient (Wildman–Crippen LogP) is 3.53. The van der Waals surface area contributed by atoms with Crippen molar-refractivity contribution in [3.05, 3.63) is 48.0 Å². The van der Waals surface area contributed by atoms with Gasteiger partial charge in [-0.2, -0.15) is 11.8 Å². The molecule has 1 radical (unpaired) electrons. The van der Waals surface area contributed by atoms with Crippen molar-refractivity contribution in [1.82, 2.24) is 0 Å². The Morgan fingerprint density at radius 1 is 1.44 bits per heavy atom. The second-order valence-corrected chi connectivity index (χ2v) is 5.06. The lowest BCUT2D eigenvalue weighted by Crippen LogP contribution is -2.21. The van der Waals surface area contributed by atoms with Gasteiger partial charge in [0.1, 0.15) is 5.60 Å². The molecule has 1 N–H and O–H groups in total. The van der Waals surface area contributed by atoms with E-state index in [0.29, 0.717) is 6.42 Å². The minimum atomic E-state index is -0.993. The number of hydrogen-bond acceptors (Lipinski definition) is 2. The molecule has 0 heterocycles. The van der Waals surface area contributed by atoms with Crippen LogP contribution in [-0.2, 0) is 11.4 Å². The molecule has 0 aromatic heterocycles. The first-order chi connectivity index (χ1) is 7.66. The average Bonchev–Trinajstić information content (AvgIpc) is 2.35. The van der Waals surface area contributed by atoms with E-state index in [1.165, 1.54) is 11.6 Å². The second-order valence-electron chi connectivity index (χ2n) is 3.78. The van der Waals surface area contributed by atoms with Crippen LogP contribution in [0.5, 0.6) is 0 Å². The summed E-state index contributed by atoms with van der Waals surface area (Å²) in [5, 5.41) is 10.3. The van der Waals surface area contributed by atoms with Gasteiger partial charge in [0.2, 0.25) is 0 Å². The van der Waals surface area contributed by atoms with Crippen LogP contribution in [0.15, 0.2) is 30.3 Å². The molecule has 16 heavy (non-hydrogen) atoms. The van der Waals surface area contributed by atoms with Crippen LogP contribution in [0.2, 0.25) is 0 Å². The highest BCUT2D eigenvalue weighted by Crippen LogP contribution is 2.27. The molecule has 0 aliphatic rings. The van der Waals surface area contributed by atoms with Gasteiger partial charge >= 0.3 is 0 Å². The summed E-state index contributed by atoms with van der Waals surface area (Å²) in [4.78, 5) is 0. The molecule has 87 valence electrons. The lowest BCUT2D eigenvalue weighted by molar-refractivity contribution is 0.0852. The number of rotatable bonds is 6. The summed E-state index contributed by atoms with van der Waals surface area (Å²) in [7, 11) is 0. The monoisotopic (exact) mass is 235 g/mol. The second kappa shape index (κ2) is 6.12. The van der Waals surface area contributed by atoms with Crippen LogP contribution in [-0.4, -0.2) is 10.9 Å². The van der Waals surface area contributed by atoms with E-state index in [-0.39, 0.29) is 0 Å². The van der Waals surface area contributed by atoms with Gasteiger partial charge in [-0.1, -0.05) is 44.7 Å². The van der Waals surface area contributed by atoms with Crippen LogP contribution in [0.4, 0.5) is 0 Å². The first kappa shape index (κ1) is 13.3. The molecule has 2 heteroatoms. The minimum Gasteiger partial charge on any atom is -0.381 e. The van der Waals surface area contributed by atoms with E-state index in [9.17, 15) is 5.11 Å². The zero-order valence-corrected chi connectivity index (χ0v) is 10.8. The molecule has 0 saturated heterocycles. The first-order valence-electron chi connectivity index (χ1n) is 5.62. The Hall–Kier alpha value is -0.730. The molecule has 0 amide bonds. The van der Waals surface area contributed by atoms with Gasteiger partial charge < -0.3 is 5.11 Å². The Morgan fingerprint density at radius 2 is 2.19 bits per heavy atom. The van der Waals surface area contributed by atoms with Gasteiger partial charge in [0.15, 0.2) is 0 Å². The topological polar surface area (TPSA) is 20.2 Å². The zero-order valence-electron chi connectivity index (χ0n) is 9.94. The zero-order chi connectivity index (χ0) is 12.0. The van der Waals surface area contributed by atoms with E-state index in [2.05, 4.69) is 13.0 Å². The number of hydrogen-bond donors (Lipinski definition) is 1. The van der Waals surface area contributed by atoms with E-state index >= 15 is 0 Å². The standard InChI is InChI=1S/C14H19OS/c1-4-14(15,5-2)13-9-7-8-12(10-13)11-16-6-3/h1,4,7-10,15H,5-6,11H2,2-3H3. The fourth-order valence-electron chi connectivity index (χ4n) is 1.57. The third-order valence-corrected chi connectivity index (χ3v) is 3.66. The SMILES string of the molecule is [CH]=CC(O)(CC)c1cccc(CSCC)c1. The fourth-order valence-corrected chi connectivity index (χ4v) is 2.19.